The van der Waals surface area contributed by atoms with E-state index in [0.717, 1.165) is 0 Å². The van der Waals surface area contributed by atoms with Gasteiger partial charge in [-0.05, 0) is 72.8 Å². The number of hydrogen-bond donors (Lipinski definition) is 4. The zero-order chi connectivity index (χ0) is 33.4. The van der Waals surface area contributed by atoms with E-state index >= 15 is 0 Å². The Hall–Kier alpha value is -3.78. The van der Waals surface area contributed by atoms with Gasteiger partial charge in [0.15, 0.2) is 0 Å². The third kappa shape index (κ3) is 7.60. The SMILES string of the molecule is C=C1[C@H](C(=O)Nc2ccc(Cl)c(S(=O)(=O)Nc3cccc(Cl)c3)c2)[C@@H]1C(=O)Nc1ccc(Cl)c(S(=O)(=O)Nc2cccc(Cl)c2)c1. The lowest BCUT2D eigenvalue weighted by Gasteiger charge is -2.12. The van der Waals surface area contributed by atoms with Crippen LogP contribution in [0.3, 0.4) is 0 Å². The predicted molar refractivity (Wildman–Crippen MR) is 181 cm³/mol. The number of carbonyl (C=O) groups is 2. The minimum Gasteiger partial charge on any atom is -0.325 e. The summed E-state index contributed by atoms with van der Waals surface area (Å²) in [5, 5.41) is 5.65. The largest absolute Gasteiger partial charge is 0.325 e. The second kappa shape index (κ2) is 13.1. The van der Waals surface area contributed by atoms with Gasteiger partial charge in [0.25, 0.3) is 20.0 Å². The van der Waals surface area contributed by atoms with Crippen LogP contribution in [-0.4, -0.2) is 28.6 Å². The maximum atomic E-state index is 13.1. The summed E-state index contributed by atoms with van der Waals surface area (Å²) in [6, 6.07) is 20.0. The van der Waals surface area contributed by atoms with E-state index in [0.29, 0.717) is 15.6 Å². The molecule has 1 fully saturated rings. The first-order valence-electron chi connectivity index (χ1n) is 13.1. The van der Waals surface area contributed by atoms with Gasteiger partial charge in [-0.2, -0.15) is 0 Å². The second-order valence-electron chi connectivity index (χ2n) is 10.0. The van der Waals surface area contributed by atoms with Crippen LogP contribution < -0.4 is 20.1 Å². The van der Waals surface area contributed by atoms with Gasteiger partial charge in [-0.3, -0.25) is 19.0 Å². The van der Waals surface area contributed by atoms with Gasteiger partial charge in [0.05, 0.1) is 33.3 Å². The van der Waals surface area contributed by atoms with Crippen molar-refractivity contribution in [2.24, 2.45) is 11.8 Å². The first kappa shape index (κ1) is 33.6. The Morgan fingerprint density at radius 1 is 0.565 bits per heavy atom. The van der Waals surface area contributed by atoms with Crippen molar-refractivity contribution in [3.05, 3.63) is 117 Å². The normalized spacial score (nSPS) is 16.0. The highest BCUT2D eigenvalue weighted by atomic mass is 35.5. The first-order valence-corrected chi connectivity index (χ1v) is 17.6. The summed E-state index contributed by atoms with van der Waals surface area (Å²) < 4.78 is 56.9. The molecular formula is C30H22Cl4N4O6S2. The zero-order valence-corrected chi connectivity index (χ0v) is 27.9. The van der Waals surface area contributed by atoms with Crippen LogP contribution in [0.4, 0.5) is 22.7 Å². The van der Waals surface area contributed by atoms with E-state index in [2.05, 4.69) is 26.7 Å². The number of rotatable bonds is 10. The van der Waals surface area contributed by atoms with Crippen LogP contribution in [0.2, 0.25) is 20.1 Å². The molecule has 4 N–H and O–H groups in total. The van der Waals surface area contributed by atoms with E-state index in [-0.39, 0.29) is 42.6 Å². The molecule has 2 atom stereocenters. The molecule has 16 heteroatoms. The number of hydrogen-bond acceptors (Lipinski definition) is 6. The molecule has 0 bridgehead atoms. The summed E-state index contributed by atoms with van der Waals surface area (Å²) in [5.41, 5.74) is 0.954. The number of halogens is 4. The topological polar surface area (TPSA) is 151 Å². The number of nitrogens with one attached hydrogen (secondary N) is 4. The number of benzene rings is 4. The van der Waals surface area contributed by atoms with Crippen molar-refractivity contribution in [2.75, 3.05) is 20.1 Å². The highest BCUT2D eigenvalue weighted by Gasteiger charge is 2.52. The summed E-state index contributed by atoms with van der Waals surface area (Å²) in [4.78, 5) is 25.6. The highest BCUT2D eigenvalue weighted by Crippen LogP contribution is 2.46. The smallest absolute Gasteiger partial charge is 0.263 e. The van der Waals surface area contributed by atoms with Crippen LogP contribution in [0, 0.1) is 11.8 Å². The van der Waals surface area contributed by atoms with Crippen molar-refractivity contribution in [3.8, 4) is 0 Å². The third-order valence-electron chi connectivity index (χ3n) is 6.72. The fraction of sp³-hybridized carbons (Fsp3) is 0.0667. The van der Waals surface area contributed by atoms with Crippen molar-refractivity contribution in [2.45, 2.75) is 9.79 Å². The molecular weight excluding hydrogens is 718 g/mol. The number of amides is 2. The Balaban J connectivity index is 1.26. The molecule has 46 heavy (non-hydrogen) atoms. The molecule has 0 heterocycles. The summed E-state index contributed by atoms with van der Waals surface area (Å²) >= 11 is 24.2. The lowest BCUT2D eigenvalue weighted by atomic mass is 10.2. The Bertz CT molecular complexity index is 1980. The van der Waals surface area contributed by atoms with E-state index in [9.17, 15) is 26.4 Å². The van der Waals surface area contributed by atoms with Gasteiger partial charge in [0, 0.05) is 21.4 Å². The molecule has 1 aliphatic carbocycles. The van der Waals surface area contributed by atoms with Gasteiger partial charge in [-0.1, -0.05) is 70.7 Å². The molecule has 0 saturated heterocycles. The molecule has 5 rings (SSSR count). The average molecular weight is 740 g/mol. The summed E-state index contributed by atoms with van der Waals surface area (Å²) in [5.74, 6) is -3.08. The summed E-state index contributed by atoms with van der Waals surface area (Å²) in [6.07, 6.45) is 0. The minimum atomic E-state index is -4.17. The summed E-state index contributed by atoms with van der Waals surface area (Å²) in [7, 11) is -8.33. The maximum absolute atomic E-state index is 13.1. The highest BCUT2D eigenvalue weighted by molar-refractivity contribution is 7.93. The monoisotopic (exact) mass is 738 g/mol. The molecule has 1 saturated carbocycles. The maximum Gasteiger partial charge on any atom is 0.263 e. The standard InChI is InChI=1S/C30H22Cl4N4O6S2/c1-16-27(29(39)35-19-8-10-23(33)25(14-19)45(41,42)37-21-6-2-4-17(31)12-21)28(16)30(40)36-20-9-11-24(34)26(15-20)46(43,44)38-22-7-3-5-18(32)13-22/h2-15,27-28,37-38H,1H2,(H,35,39)(H,36,40)/t27-,28+. The molecule has 0 aliphatic heterocycles. The quantitative estimate of drug-likeness (QED) is 0.126. The second-order valence-corrected chi connectivity index (χ2v) is 15.0. The van der Waals surface area contributed by atoms with E-state index in [1.54, 1.807) is 24.3 Å². The van der Waals surface area contributed by atoms with Gasteiger partial charge in [0.1, 0.15) is 9.79 Å². The number of sulfonamides is 2. The fourth-order valence-electron chi connectivity index (χ4n) is 4.49. The molecule has 4 aromatic carbocycles. The van der Waals surface area contributed by atoms with Gasteiger partial charge >= 0.3 is 0 Å². The van der Waals surface area contributed by atoms with Crippen molar-refractivity contribution >= 4 is 101 Å². The van der Waals surface area contributed by atoms with Crippen molar-refractivity contribution in [3.63, 3.8) is 0 Å². The van der Waals surface area contributed by atoms with Crippen molar-refractivity contribution in [1.29, 1.82) is 0 Å². The van der Waals surface area contributed by atoms with E-state index in [4.69, 9.17) is 46.4 Å². The molecule has 0 aromatic heterocycles. The van der Waals surface area contributed by atoms with E-state index < -0.39 is 43.7 Å². The summed E-state index contributed by atoms with van der Waals surface area (Å²) in [6.45, 7) is 3.81. The zero-order valence-electron chi connectivity index (χ0n) is 23.2. The number of carbonyl (C=O) groups excluding carboxylic acids is 2. The predicted octanol–water partition coefficient (Wildman–Crippen LogP) is 7.28. The molecule has 238 valence electrons. The van der Waals surface area contributed by atoms with E-state index in [1.165, 1.54) is 60.7 Å². The van der Waals surface area contributed by atoms with Gasteiger partial charge in [0.2, 0.25) is 11.8 Å². The lowest BCUT2D eigenvalue weighted by molar-refractivity contribution is -0.122. The van der Waals surface area contributed by atoms with Gasteiger partial charge in [-0.25, -0.2) is 16.8 Å². The molecule has 0 unspecified atom stereocenters. The third-order valence-corrected chi connectivity index (χ3v) is 10.9. The van der Waals surface area contributed by atoms with Crippen LogP contribution >= 0.6 is 46.4 Å². The molecule has 10 nitrogen and oxygen atoms in total. The van der Waals surface area contributed by atoms with Crippen LogP contribution in [0.1, 0.15) is 0 Å². The molecule has 0 spiro atoms. The minimum absolute atomic E-state index is 0.0901. The molecule has 4 aromatic rings. The number of anilines is 4. The van der Waals surface area contributed by atoms with Crippen LogP contribution in [-0.2, 0) is 29.6 Å². The Labute approximate surface area is 284 Å². The Morgan fingerprint density at radius 2 is 0.957 bits per heavy atom. The van der Waals surface area contributed by atoms with Crippen molar-refractivity contribution < 1.29 is 26.4 Å². The molecule has 0 radical (unpaired) electrons. The van der Waals surface area contributed by atoms with E-state index in [1.807, 2.05) is 0 Å². The van der Waals surface area contributed by atoms with Crippen LogP contribution in [0.15, 0.2) is 107 Å². The Kier molecular flexibility index (Phi) is 9.60. The van der Waals surface area contributed by atoms with Gasteiger partial charge in [-0.15, -0.1) is 0 Å². The lowest BCUT2D eigenvalue weighted by Crippen LogP contribution is -2.21. The van der Waals surface area contributed by atoms with Crippen LogP contribution in [0.25, 0.3) is 0 Å². The molecule has 2 amide bonds. The molecule has 1 aliphatic rings. The van der Waals surface area contributed by atoms with Crippen LogP contribution in [0.5, 0.6) is 0 Å². The average Bonchev–Trinajstić information content (AvgIpc) is 3.65. The van der Waals surface area contributed by atoms with Crippen molar-refractivity contribution in [1.82, 2.24) is 0 Å². The van der Waals surface area contributed by atoms with Gasteiger partial charge < -0.3 is 10.6 Å². The Morgan fingerprint density at radius 3 is 1.33 bits per heavy atom. The first-order chi connectivity index (χ1) is 21.6. The fourth-order valence-corrected chi connectivity index (χ4v) is 8.03.